The molecular weight excluding hydrogens is 447 g/mol. The number of nitrogens with two attached hydrogens (primary N) is 1. The maximum absolute atomic E-state index is 13.5. The third kappa shape index (κ3) is 6.25. The number of rotatable bonds is 8. The summed E-state index contributed by atoms with van der Waals surface area (Å²) in [4.78, 5) is 15.4. The second kappa shape index (κ2) is 10.7. The van der Waals surface area contributed by atoms with Crippen LogP contribution in [0.4, 0.5) is 24.5 Å². The van der Waals surface area contributed by atoms with E-state index in [9.17, 15) is 23.2 Å². The number of nitrogens with one attached hydrogen (secondary N) is 4. The fourth-order valence-corrected chi connectivity index (χ4v) is 3.84. The lowest BCUT2D eigenvalue weighted by atomic mass is 9.77. The number of halogens is 3. The van der Waals surface area contributed by atoms with Gasteiger partial charge in [-0.15, -0.1) is 0 Å². The van der Waals surface area contributed by atoms with Crippen molar-refractivity contribution >= 4 is 23.1 Å². The summed E-state index contributed by atoms with van der Waals surface area (Å²) in [5.74, 6) is -3.82. The molecule has 1 fully saturated rings. The van der Waals surface area contributed by atoms with E-state index in [4.69, 9.17) is 11.1 Å². The Balaban J connectivity index is 1.67. The largest absolute Gasteiger partial charge is 0.384 e. The highest BCUT2D eigenvalue weighted by Gasteiger charge is 2.35. The Morgan fingerprint density at radius 1 is 1.21 bits per heavy atom. The fraction of sp³-hybridized carbons (Fsp3) is 0.304. The first-order chi connectivity index (χ1) is 16.2. The average Bonchev–Trinajstić information content (AvgIpc) is 2.78. The number of hydrogen-bond acceptors (Lipinski definition) is 6. The molecule has 1 amide bonds. The number of primary amides is 1. The second-order valence-corrected chi connectivity index (χ2v) is 8.10. The Morgan fingerprint density at radius 3 is 2.56 bits per heavy atom. The SMILES string of the molecule is N#CCC1(N/C=C(\C(=N)Nc2ccnc(F)c2)C(N)=O)CCC(Nc2ccc(F)c(F)c2)CC1. The first kappa shape index (κ1) is 24.6. The van der Waals surface area contributed by atoms with Crippen molar-refractivity contribution in [3.63, 3.8) is 0 Å². The van der Waals surface area contributed by atoms with Crippen LogP contribution in [0, 0.1) is 34.3 Å². The van der Waals surface area contributed by atoms with Gasteiger partial charge in [-0.2, -0.15) is 9.65 Å². The van der Waals surface area contributed by atoms with E-state index in [-0.39, 0.29) is 29.6 Å². The van der Waals surface area contributed by atoms with Crippen LogP contribution in [0.3, 0.4) is 0 Å². The first-order valence-corrected chi connectivity index (χ1v) is 10.5. The molecule has 1 aliphatic carbocycles. The van der Waals surface area contributed by atoms with Gasteiger partial charge in [-0.05, 0) is 43.9 Å². The molecule has 1 heterocycles. The number of carbonyl (C=O) groups excluding carboxylic acids is 1. The zero-order valence-corrected chi connectivity index (χ0v) is 18.2. The Kier molecular flexibility index (Phi) is 7.73. The van der Waals surface area contributed by atoms with E-state index >= 15 is 0 Å². The summed E-state index contributed by atoms with van der Waals surface area (Å²) < 4.78 is 39.9. The average molecular weight is 471 g/mol. The molecule has 0 saturated heterocycles. The van der Waals surface area contributed by atoms with Crippen LogP contribution in [0.2, 0.25) is 0 Å². The van der Waals surface area contributed by atoms with Crippen LogP contribution in [-0.4, -0.2) is 28.3 Å². The van der Waals surface area contributed by atoms with E-state index in [1.165, 1.54) is 24.5 Å². The monoisotopic (exact) mass is 471 g/mol. The Morgan fingerprint density at radius 2 is 1.94 bits per heavy atom. The van der Waals surface area contributed by atoms with Crippen molar-refractivity contribution in [2.24, 2.45) is 5.73 Å². The normalized spacial score (nSPS) is 20.2. The van der Waals surface area contributed by atoms with Crippen LogP contribution in [-0.2, 0) is 4.79 Å². The fourth-order valence-electron chi connectivity index (χ4n) is 3.84. The van der Waals surface area contributed by atoms with E-state index < -0.39 is 29.0 Å². The quantitative estimate of drug-likeness (QED) is 0.173. The van der Waals surface area contributed by atoms with Crippen LogP contribution in [0.15, 0.2) is 48.3 Å². The number of pyridine rings is 1. The van der Waals surface area contributed by atoms with Crippen LogP contribution in [0.5, 0.6) is 0 Å². The van der Waals surface area contributed by atoms with Gasteiger partial charge in [0.2, 0.25) is 5.95 Å². The molecule has 178 valence electrons. The van der Waals surface area contributed by atoms with E-state index in [0.717, 1.165) is 18.2 Å². The van der Waals surface area contributed by atoms with Crippen molar-refractivity contribution in [1.29, 1.82) is 10.7 Å². The standard InChI is InChI=1S/C23H24F3N7O/c24-18-2-1-15(11-19(18)25)32-14-3-6-23(7-4-14,8-9-27)31-13-17(22(29)34)21(28)33-16-5-10-30-20(26)12-16/h1-2,5,10-14,31-32H,3-4,6-8H2,(H2,29,34)(H2,28,30,33)/b17-13+. The molecule has 0 spiro atoms. The molecule has 1 aliphatic rings. The van der Waals surface area contributed by atoms with E-state index in [0.29, 0.717) is 31.4 Å². The molecule has 34 heavy (non-hydrogen) atoms. The van der Waals surface area contributed by atoms with Gasteiger partial charge in [0.25, 0.3) is 5.91 Å². The molecule has 0 unspecified atom stereocenters. The molecule has 11 heteroatoms. The Labute approximate surface area is 194 Å². The van der Waals surface area contributed by atoms with Crippen molar-refractivity contribution in [2.75, 3.05) is 10.6 Å². The van der Waals surface area contributed by atoms with Crippen LogP contribution in [0.1, 0.15) is 32.1 Å². The molecule has 8 nitrogen and oxygen atoms in total. The topological polar surface area (TPSA) is 140 Å². The number of anilines is 2. The van der Waals surface area contributed by atoms with E-state index in [1.54, 1.807) is 0 Å². The number of benzene rings is 1. The zero-order chi connectivity index (χ0) is 24.7. The molecule has 1 aromatic carbocycles. The lowest BCUT2D eigenvalue weighted by Crippen LogP contribution is -2.48. The number of aromatic nitrogens is 1. The molecule has 3 rings (SSSR count). The van der Waals surface area contributed by atoms with Crippen LogP contribution >= 0.6 is 0 Å². The molecule has 2 aromatic rings. The molecular formula is C23H24F3N7O. The number of nitriles is 1. The molecule has 6 N–H and O–H groups in total. The highest BCUT2D eigenvalue weighted by molar-refractivity contribution is 6.23. The first-order valence-electron chi connectivity index (χ1n) is 10.5. The van der Waals surface area contributed by atoms with Gasteiger partial charge >= 0.3 is 0 Å². The number of amidine groups is 1. The molecule has 0 atom stereocenters. The van der Waals surface area contributed by atoms with Gasteiger partial charge < -0.3 is 21.7 Å². The second-order valence-electron chi connectivity index (χ2n) is 8.10. The van der Waals surface area contributed by atoms with Gasteiger partial charge in [0.1, 0.15) is 5.84 Å². The molecule has 0 aliphatic heterocycles. The number of carbonyl (C=O) groups is 1. The van der Waals surface area contributed by atoms with Crippen molar-refractivity contribution < 1.29 is 18.0 Å². The highest BCUT2D eigenvalue weighted by atomic mass is 19.2. The minimum absolute atomic E-state index is 0.0142. The summed E-state index contributed by atoms with van der Waals surface area (Å²) in [6.07, 6.45) is 4.99. The van der Waals surface area contributed by atoms with Gasteiger partial charge in [-0.3, -0.25) is 10.2 Å². The van der Waals surface area contributed by atoms with Crippen molar-refractivity contribution in [1.82, 2.24) is 10.3 Å². The van der Waals surface area contributed by atoms with E-state index in [2.05, 4.69) is 27.0 Å². The Bertz CT molecular complexity index is 1140. The minimum atomic E-state index is -0.934. The highest BCUT2D eigenvalue weighted by Crippen LogP contribution is 2.33. The number of amides is 1. The van der Waals surface area contributed by atoms with Crippen LogP contribution in [0.25, 0.3) is 0 Å². The summed E-state index contributed by atoms with van der Waals surface area (Å²) in [5.41, 5.74) is 5.29. The molecule has 1 aromatic heterocycles. The molecule has 0 bridgehead atoms. The van der Waals surface area contributed by atoms with Gasteiger partial charge in [0, 0.05) is 47.5 Å². The third-order valence-corrected chi connectivity index (χ3v) is 5.70. The number of hydrogen-bond donors (Lipinski definition) is 5. The molecule has 0 radical (unpaired) electrons. The minimum Gasteiger partial charge on any atom is -0.384 e. The third-order valence-electron chi connectivity index (χ3n) is 5.70. The summed E-state index contributed by atoms with van der Waals surface area (Å²) in [5, 5.41) is 26.4. The predicted molar refractivity (Wildman–Crippen MR) is 121 cm³/mol. The van der Waals surface area contributed by atoms with Crippen molar-refractivity contribution in [2.45, 2.75) is 43.7 Å². The lowest BCUT2D eigenvalue weighted by molar-refractivity contribution is -0.114. The number of nitrogens with zero attached hydrogens (tertiary/aromatic N) is 2. The lowest BCUT2D eigenvalue weighted by Gasteiger charge is -2.40. The summed E-state index contributed by atoms with van der Waals surface area (Å²) in [7, 11) is 0. The van der Waals surface area contributed by atoms with Gasteiger partial charge in [0.05, 0.1) is 18.1 Å². The maximum atomic E-state index is 13.5. The summed E-state index contributed by atoms with van der Waals surface area (Å²) in [6, 6.07) is 8.25. The summed E-state index contributed by atoms with van der Waals surface area (Å²) in [6.45, 7) is 0. The van der Waals surface area contributed by atoms with E-state index in [1.807, 2.05) is 0 Å². The smallest absolute Gasteiger partial charge is 0.253 e. The van der Waals surface area contributed by atoms with Crippen LogP contribution < -0.4 is 21.7 Å². The Hall–Kier alpha value is -4.07. The summed E-state index contributed by atoms with van der Waals surface area (Å²) >= 11 is 0. The van der Waals surface area contributed by atoms with Gasteiger partial charge in [-0.25, -0.2) is 13.8 Å². The molecule has 1 saturated carbocycles. The maximum Gasteiger partial charge on any atom is 0.253 e. The van der Waals surface area contributed by atoms with Crippen molar-refractivity contribution in [3.05, 3.63) is 65.9 Å². The predicted octanol–water partition coefficient (Wildman–Crippen LogP) is 3.55. The van der Waals surface area contributed by atoms with Gasteiger partial charge in [-0.1, -0.05) is 0 Å². The van der Waals surface area contributed by atoms with Gasteiger partial charge in [0.15, 0.2) is 11.6 Å². The van der Waals surface area contributed by atoms with Crippen molar-refractivity contribution in [3.8, 4) is 6.07 Å². The zero-order valence-electron chi connectivity index (χ0n) is 18.2.